The number of hydrogen-bond donors (Lipinski definition) is 0. The number of hydrogen-bond acceptors (Lipinski definition) is 0. The van der Waals surface area contributed by atoms with Crippen molar-refractivity contribution in [3.63, 3.8) is 0 Å². The second kappa shape index (κ2) is 1.59. The molecule has 5 heavy (non-hydrogen) atoms. The van der Waals surface area contributed by atoms with E-state index in [-0.39, 0.29) is 0 Å². The minimum absolute atomic E-state index is 0.708. The Morgan fingerprint density at radius 1 is 1.60 bits per heavy atom. The third-order valence-corrected chi connectivity index (χ3v) is 1.74. The van der Waals surface area contributed by atoms with Crippen LogP contribution in [0, 0.1) is 0 Å². The van der Waals surface area contributed by atoms with Crippen LogP contribution in [-0.4, -0.2) is 20.0 Å². The Bertz CT molecular complexity index is 63.4. The minimum atomic E-state index is 0.708. The molecule has 0 unspecified atom stereocenters. The van der Waals surface area contributed by atoms with E-state index in [9.17, 15) is 0 Å². The molecule has 0 aromatic carbocycles. The molecular formula is C3H3BSe. The van der Waals surface area contributed by atoms with E-state index in [0.717, 1.165) is 0 Å². The molecule has 0 atom stereocenters. The summed E-state index contributed by atoms with van der Waals surface area (Å²) in [6, 6.07) is 2.08. The van der Waals surface area contributed by atoms with Crippen molar-refractivity contribution in [3.05, 3.63) is 17.0 Å². The van der Waals surface area contributed by atoms with Gasteiger partial charge in [0, 0.05) is 0 Å². The summed E-state index contributed by atoms with van der Waals surface area (Å²) in [5.74, 6) is 2.08. The molecule has 1 aromatic rings. The first kappa shape index (κ1) is 3.39. The molecule has 2 heteroatoms. The topological polar surface area (TPSA) is 0 Å². The molecule has 1 heterocycles. The zero-order valence-electron chi connectivity index (χ0n) is 2.72. The summed E-state index contributed by atoms with van der Waals surface area (Å²) in [6.07, 6.45) is 0. The molecule has 0 aliphatic rings. The third-order valence-electron chi connectivity index (χ3n) is 0.425. The van der Waals surface area contributed by atoms with Gasteiger partial charge in [-0.1, -0.05) is 0 Å². The van der Waals surface area contributed by atoms with Gasteiger partial charge >= 0.3 is 37.0 Å². The Balaban J connectivity index is 3.13. The maximum absolute atomic E-state index is 2.19. The van der Waals surface area contributed by atoms with Gasteiger partial charge in [0.25, 0.3) is 0 Å². The molecule has 0 fully saturated rings. The van der Waals surface area contributed by atoms with E-state index in [0.29, 0.717) is 14.3 Å². The predicted molar refractivity (Wildman–Crippen MR) is 24.7 cm³/mol. The summed E-state index contributed by atoms with van der Waals surface area (Å²) in [6.45, 7) is 0. The molecule has 24 valence electrons. The normalized spacial score (nSPS) is 7.20. The average molecular weight is 129 g/mol. The van der Waals surface area contributed by atoms with Crippen LogP contribution in [0.1, 0.15) is 0 Å². The zero-order chi connectivity index (χ0) is 3.54. The molecular weight excluding hydrogens is 126 g/mol. The van der Waals surface area contributed by atoms with E-state index >= 15 is 0 Å². The van der Waals surface area contributed by atoms with Gasteiger partial charge in [0.15, 0.2) is 0 Å². The fourth-order valence-corrected chi connectivity index (χ4v) is 1.18. The van der Waals surface area contributed by atoms with Crippen molar-refractivity contribution in [1.82, 2.24) is 0 Å². The van der Waals surface area contributed by atoms with Crippen LogP contribution in [0.15, 0.2) is 17.0 Å². The maximum atomic E-state index is 2.19. The van der Waals surface area contributed by atoms with Gasteiger partial charge in [-0.05, 0) is 0 Å². The molecule has 1 rings (SSSR count). The van der Waals surface area contributed by atoms with Crippen molar-refractivity contribution < 1.29 is 0 Å². The molecule has 0 spiro atoms. The van der Waals surface area contributed by atoms with Crippen molar-refractivity contribution >= 4 is 20.0 Å². The van der Waals surface area contributed by atoms with Crippen molar-refractivity contribution in [2.24, 2.45) is 0 Å². The van der Waals surface area contributed by atoms with Crippen LogP contribution in [0.4, 0.5) is 0 Å². The van der Waals surface area contributed by atoms with E-state index in [1.807, 2.05) is 0 Å². The van der Waals surface area contributed by atoms with Gasteiger partial charge in [0.05, 0.1) is 0 Å². The molecule has 0 aliphatic heterocycles. The second-order valence-electron chi connectivity index (χ2n) is 0.793. The Kier molecular flexibility index (Phi) is 1.07. The summed E-state index contributed by atoms with van der Waals surface area (Å²) in [5, 5.41) is 0. The Morgan fingerprint density at radius 3 is 2.80 bits per heavy atom. The molecule has 0 nitrogen and oxygen atoms in total. The molecule has 0 saturated heterocycles. The van der Waals surface area contributed by atoms with Gasteiger partial charge < -0.3 is 0 Å². The van der Waals surface area contributed by atoms with Crippen molar-refractivity contribution in [2.45, 2.75) is 0 Å². The predicted octanol–water partition coefficient (Wildman–Crippen LogP) is 0.0817. The monoisotopic (exact) mass is 130 g/mol. The van der Waals surface area contributed by atoms with Gasteiger partial charge in [0.2, 0.25) is 0 Å². The van der Waals surface area contributed by atoms with Crippen molar-refractivity contribution in [3.8, 4) is 0 Å². The van der Waals surface area contributed by atoms with Crippen LogP contribution in [-0.2, 0) is 0 Å². The summed E-state index contributed by atoms with van der Waals surface area (Å²) < 4.78 is 0. The second-order valence-corrected chi connectivity index (χ2v) is 2.51. The Hall–Kier alpha value is 0.194. The quantitative estimate of drug-likeness (QED) is 0.435. The van der Waals surface area contributed by atoms with E-state index in [4.69, 9.17) is 0 Å². The Morgan fingerprint density at radius 2 is 2.60 bits per heavy atom. The van der Waals surface area contributed by atoms with Crippen LogP contribution in [0.25, 0.3) is 0 Å². The van der Waals surface area contributed by atoms with E-state index < -0.39 is 0 Å². The molecule has 0 radical (unpaired) electrons. The first-order valence-electron chi connectivity index (χ1n) is 1.47. The van der Waals surface area contributed by atoms with Gasteiger partial charge in [-0.2, -0.15) is 0 Å². The van der Waals surface area contributed by atoms with E-state index in [2.05, 4.69) is 22.7 Å². The van der Waals surface area contributed by atoms with Gasteiger partial charge in [0.1, 0.15) is 0 Å². The third kappa shape index (κ3) is 0.749. The van der Waals surface area contributed by atoms with Crippen molar-refractivity contribution in [1.29, 1.82) is 0 Å². The molecule has 0 aliphatic carbocycles. The zero-order valence-corrected chi connectivity index (χ0v) is 4.43. The fourth-order valence-electron chi connectivity index (χ4n) is 0.227. The molecule has 1 aromatic heterocycles. The molecule has 0 N–H and O–H groups in total. The molecule has 0 bridgehead atoms. The first-order chi connectivity index (χ1) is 2.50. The van der Waals surface area contributed by atoms with Gasteiger partial charge in [-0.25, -0.2) is 0 Å². The SMILES string of the molecule is b1ccc[se]1. The summed E-state index contributed by atoms with van der Waals surface area (Å²) in [5.41, 5.74) is 2.19. The first-order valence-corrected chi connectivity index (χ1v) is 3.45. The van der Waals surface area contributed by atoms with Crippen molar-refractivity contribution in [2.75, 3.05) is 0 Å². The summed E-state index contributed by atoms with van der Waals surface area (Å²) in [4.78, 5) is 2.19. The van der Waals surface area contributed by atoms with Crippen LogP contribution < -0.4 is 0 Å². The van der Waals surface area contributed by atoms with Crippen LogP contribution >= 0.6 is 0 Å². The average Bonchev–Trinajstić information content (AvgIpc) is 1.76. The fraction of sp³-hybridized carbons (Fsp3) is 0. The summed E-state index contributed by atoms with van der Waals surface area (Å²) >= 11 is 0.708. The molecule has 0 amide bonds. The van der Waals surface area contributed by atoms with E-state index in [1.165, 1.54) is 0 Å². The number of rotatable bonds is 0. The van der Waals surface area contributed by atoms with Crippen LogP contribution in [0.3, 0.4) is 0 Å². The summed E-state index contributed by atoms with van der Waals surface area (Å²) in [7, 11) is 0. The van der Waals surface area contributed by atoms with Gasteiger partial charge in [-0.15, -0.1) is 0 Å². The standard InChI is InChI=1S/C3H3BSe/c1-2-4-5-3-1/h1-3H. The Labute approximate surface area is 37.6 Å². The van der Waals surface area contributed by atoms with Crippen LogP contribution in [0.5, 0.6) is 0 Å². The van der Waals surface area contributed by atoms with E-state index in [1.54, 1.807) is 0 Å². The van der Waals surface area contributed by atoms with Crippen LogP contribution in [0.2, 0.25) is 0 Å². The van der Waals surface area contributed by atoms with Gasteiger partial charge in [-0.3, -0.25) is 0 Å². The molecule has 0 saturated carbocycles.